The van der Waals surface area contributed by atoms with Crippen molar-refractivity contribution >= 4 is 17.7 Å². The highest BCUT2D eigenvalue weighted by Gasteiger charge is 2.44. The third kappa shape index (κ3) is 4.35. The maximum Gasteiger partial charge on any atom is 0.274 e. The Balaban J connectivity index is 1.60. The van der Waals surface area contributed by atoms with Crippen LogP contribution in [0.4, 0.5) is 0 Å². The minimum Gasteiger partial charge on any atom is -0.493 e. The van der Waals surface area contributed by atoms with E-state index in [0.717, 1.165) is 36.1 Å². The van der Waals surface area contributed by atoms with E-state index in [1.807, 2.05) is 36.4 Å². The summed E-state index contributed by atoms with van der Waals surface area (Å²) in [6.45, 7) is 0. The van der Waals surface area contributed by atoms with E-state index in [9.17, 15) is 4.79 Å². The summed E-state index contributed by atoms with van der Waals surface area (Å²) in [5.74, 6) is 1.24. The molecule has 6 nitrogen and oxygen atoms in total. The molecule has 5 rings (SSSR count). The number of methoxy groups -OCH3 is 3. The average Bonchev–Trinajstić information content (AvgIpc) is 3.33. The van der Waals surface area contributed by atoms with E-state index in [1.54, 1.807) is 38.5 Å². The lowest BCUT2D eigenvalue weighted by molar-refractivity contribution is 0.0680. The first-order valence-corrected chi connectivity index (χ1v) is 12.2. The molecular weight excluding hydrogens is 452 g/mol. The Morgan fingerprint density at radius 1 is 0.917 bits per heavy atom. The van der Waals surface area contributed by atoms with Gasteiger partial charge in [-0.1, -0.05) is 60.7 Å². The van der Waals surface area contributed by atoms with Gasteiger partial charge in [0.15, 0.2) is 11.5 Å². The highest BCUT2D eigenvalue weighted by atomic mass is 16.5. The molecule has 2 atom stereocenters. The van der Waals surface area contributed by atoms with Gasteiger partial charge in [-0.25, -0.2) is 5.01 Å². The molecule has 0 radical (unpaired) electrons. The molecule has 6 heteroatoms. The first-order valence-electron chi connectivity index (χ1n) is 12.2. The molecule has 1 aliphatic carbocycles. The number of benzene rings is 3. The standard InChI is InChI=1S/C30H30N2O4/c1-34-25-18-23(19-26(35-2)29(25)36-3)30(33)32-28(21-13-8-5-9-14-21)24-16-10-15-22(27(24)31-32)17-20-11-6-4-7-12-20/h4-9,11-14,17-19,24,28H,10,15-16H2,1-3H3/b22-17-. The van der Waals surface area contributed by atoms with Gasteiger partial charge in [0, 0.05) is 11.5 Å². The molecule has 1 fully saturated rings. The van der Waals surface area contributed by atoms with E-state index in [-0.39, 0.29) is 17.9 Å². The molecular formula is C30H30N2O4. The lowest BCUT2D eigenvalue weighted by Gasteiger charge is -2.29. The zero-order valence-electron chi connectivity index (χ0n) is 20.8. The van der Waals surface area contributed by atoms with Crippen LogP contribution in [0.1, 0.15) is 46.8 Å². The third-order valence-corrected chi connectivity index (χ3v) is 6.90. The molecule has 0 bridgehead atoms. The fraction of sp³-hybridized carbons (Fsp3) is 0.267. The molecule has 0 N–H and O–H groups in total. The highest BCUT2D eigenvalue weighted by molar-refractivity contribution is 6.09. The molecule has 0 spiro atoms. The quantitative estimate of drug-likeness (QED) is 0.423. The molecule has 2 aliphatic rings. The van der Waals surface area contributed by atoms with Gasteiger partial charge < -0.3 is 14.2 Å². The van der Waals surface area contributed by atoms with Crippen LogP contribution in [-0.2, 0) is 0 Å². The zero-order chi connectivity index (χ0) is 25.1. The number of ether oxygens (including phenoxy) is 3. The van der Waals surface area contributed by atoms with Crippen molar-refractivity contribution in [3.05, 3.63) is 95.1 Å². The van der Waals surface area contributed by atoms with Crippen LogP contribution in [-0.4, -0.2) is 38.0 Å². The van der Waals surface area contributed by atoms with Gasteiger partial charge in [0.25, 0.3) is 5.91 Å². The van der Waals surface area contributed by atoms with Crippen molar-refractivity contribution in [3.63, 3.8) is 0 Å². The fourth-order valence-corrected chi connectivity index (χ4v) is 5.24. The lowest BCUT2D eigenvalue weighted by Crippen LogP contribution is -2.32. The lowest BCUT2D eigenvalue weighted by atomic mass is 9.77. The highest BCUT2D eigenvalue weighted by Crippen LogP contribution is 2.46. The van der Waals surface area contributed by atoms with Crippen LogP contribution in [0.15, 0.2) is 83.5 Å². The molecule has 1 heterocycles. The van der Waals surface area contributed by atoms with E-state index in [0.29, 0.717) is 22.8 Å². The predicted molar refractivity (Wildman–Crippen MR) is 141 cm³/mol. The summed E-state index contributed by atoms with van der Waals surface area (Å²) in [6.07, 6.45) is 5.18. The molecule has 1 saturated carbocycles. The second-order valence-corrected chi connectivity index (χ2v) is 8.98. The summed E-state index contributed by atoms with van der Waals surface area (Å²) in [6, 6.07) is 23.6. The molecule has 3 aromatic carbocycles. The number of hydrogen-bond acceptors (Lipinski definition) is 5. The average molecular weight is 483 g/mol. The van der Waals surface area contributed by atoms with E-state index in [2.05, 4.69) is 30.3 Å². The Labute approximate surface area is 211 Å². The summed E-state index contributed by atoms with van der Waals surface area (Å²) in [5, 5.41) is 6.65. The van der Waals surface area contributed by atoms with Crippen LogP contribution in [0.2, 0.25) is 0 Å². The van der Waals surface area contributed by atoms with Gasteiger partial charge in [-0.05, 0) is 54.2 Å². The summed E-state index contributed by atoms with van der Waals surface area (Å²) in [7, 11) is 4.64. The number of nitrogens with zero attached hydrogens (tertiary/aromatic N) is 2. The first kappa shape index (κ1) is 23.7. The van der Waals surface area contributed by atoms with Gasteiger partial charge in [0.2, 0.25) is 5.75 Å². The Bertz CT molecular complexity index is 1280. The molecule has 0 aromatic heterocycles. The topological polar surface area (TPSA) is 60.4 Å². The van der Waals surface area contributed by atoms with Crippen LogP contribution < -0.4 is 14.2 Å². The Morgan fingerprint density at radius 3 is 2.17 bits per heavy atom. The molecule has 1 amide bonds. The number of carbonyl (C=O) groups is 1. The minimum absolute atomic E-state index is 0.127. The van der Waals surface area contributed by atoms with Crippen LogP contribution in [0.3, 0.4) is 0 Å². The largest absolute Gasteiger partial charge is 0.493 e. The third-order valence-electron chi connectivity index (χ3n) is 6.90. The van der Waals surface area contributed by atoms with Crippen molar-refractivity contribution in [3.8, 4) is 17.2 Å². The van der Waals surface area contributed by atoms with Crippen molar-refractivity contribution in [2.75, 3.05) is 21.3 Å². The van der Waals surface area contributed by atoms with E-state index in [4.69, 9.17) is 19.3 Å². The van der Waals surface area contributed by atoms with Gasteiger partial charge in [0.05, 0.1) is 33.1 Å². The SMILES string of the molecule is COc1cc(C(=O)N2N=C3/C(=C\c4ccccc4)CCCC3C2c2ccccc2)cc(OC)c1OC. The van der Waals surface area contributed by atoms with Crippen LogP contribution >= 0.6 is 0 Å². The van der Waals surface area contributed by atoms with Crippen molar-refractivity contribution in [2.24, 2.45) is 11.0 Å². The number of fused-ring (bicyclic) bond motifs is 1. The van der Waals surface area contributed by atoms with E-state index >= 15 is 0 Å². The van der Waals surface area contributed by atoms with Crippen LogP contribution in [0, 0.1) is 5.92 Å². The van der Waals surface area contributed by atoms with Crippen molar-refractivity contribution < 1.29 is 19.0 Å². The zero-order valence-corrected chi connectivity index (χ0v) is 20.8. The number of hydrazone groups is 1. The maximum atomic E-state index is 14.0. The Kier molecular flexibility index (Phi) is 6.76. The van der Waals surface area contributed by atoms with Crippen LogP contribution in [0.25, 0.3) is 6.08 Å². The molecule has 1 aliphatic heterocycles. The first-order chi connectivity index (χ1) is 17.6. The maximum absolute atomic E-state index is 14.0. The molecule has 36 heavy (non-hydrogen) atoms. The number of allylic oxidation sites excluding steroid dienone is 1. The summed E-state index contributed by atoms with van der Waals surface area (Å²) in [4.78, 5) is 14.0. The number of hydrogen-bond donors (Lipinski definition) is 0. The van der Waals surface area contributed by atoms with Crippen molar-refractivity contribution in [1.82, 2.24) is 5.01 Å². The fourth-order valence-electron chi connectivity index (χ4n) is 5.24. The van der Waals surface area contributed by atoms with Gasteiger partial charge in [0.1, 0.15) is 0 Å². The molecule has 2 unspecified atom stereocenters. The number of amides is 1. The normalized spacial score (nSPS) is 20.0. The van der Waals surface area contributed by atoms with Crippen molar-refractivity contribution in [1.29, 1.82) is 0 Å². The second kappa shape index (κ2) is 10.3. The number of carbonyl (C=O) groups excluding carboxylic acids is 1. The van der Waals surface area contributed by atoms with Crippen LogP contribution in [0.5, 0.6) is 17.2 Å². The summed E-state index contributed by atoms with van der Waals surface area (Å²) < 4.78 is 16.4. The van der Waals surface area contributed by atoms with Gasteiger partial charge in [-0.3, -0.25) is 4.79 Å². The second-order valence-electron chi connectivity index (χ2n) is 8.98. The summed E-state index contributed by atoms with van der Waals surface area (Å²) >= 11 is 0. The summed E-state index contributed by atoms with van der Waals surface area (Å²) in [5.41, 5.74) is 4.84. The van der Waals surface area contributed by atoms with Crippen molar-refractivity contribution in [2.45, 2.75) is 25.3 Å². The van der Waals surface area contributed by atoms with Gasteiger partial charge >= 0.3 is 0 Å². The Morgan fingerprint density at radius 2 is 1.56 bits per heavy atom. The molecule has 0 saturated heterocycles. The minimum atomic E-state index is -0.205. The Hall–Kier alpha value is -4.06. The van der Waals surface area contributed by atoms with E-state index < -0.39 is 0 Å². The predicted octanol–water partition coefficient (Wildman–Crippen LogP) is 6.15. The van der Waals surface area contributed by atoms with Gasteiger partial charge in [-0.15, -0.1) is 0 Å². The van der Waals surface area contributed by atoms with Gasteiger partial charge in [-0.2, -0.15) is 5.10 Å². The molecule has 184 valence electrons. The number of rotatable bonds is 6. The molecule has 3 aromatic rings. The van der Waals surface area contributed by atoms with E-state index in [1.165, 1.54) is 5.57 Å². The monoisotopic (exact) mass is 482 g/mol. The smallest absolute Gasteiger partial charge is 0.274 e.